The summed E-state index contributed by atoms with van der Waals surface area (Å²) in [6.07, 6.45) is 2.99. The lowest BCUT2D eigenvalue weighted by molar-refractivity contribution is 0.411. The van der Waals surface area contributed by atoms with Crippen molar-refractivity contribution >= 4 is 29.0 Å². The van der Waals surface area contributed by atoms with E-state index in [4.69, 9.17) is 11.6 Å². The van der Waals surface area contributed by atoms with Crippen molar-refractivity contribution in [2.45, 2.75) is 4.90 Å². The minimum absolute atomic E-state index is 0.171. The lowest BCUT2D eigenvalue weighted by Crippen LogP contribution is -1.93. The van der Waals surface area contributed by atoms with Crippen LogP contribution in [0.4, 0.5) is 0 Å². The largest absolute Gasteiger partial charge is 0.479 e. The molecule has 0 bridgehead atoms. The van der Waals surface area contributed by atoms with E-state index < -0.39 is 0 Å². The van der Waals surface area contributed by atoms with Gasteiger partial charge in [0.25, 0.3) is 0 Å². The molecule has 2 heterocycles. The molecule has 1 N–H and O–H groups in total. The summed E-state index contributed by atoms with van der Waals surface area (Å²) in [5.74, 6) is 1.52. The average Bonchev–Trinajstić information content (AvgIpc) is 2.91. The van der Waals surface area contributed by atoms with Gasteiger partial charge in [-0.1, -0.05) is 12.1 Å². The summed E-state index contributed by atoms with van der Waals surface area (Å²) in [5, 5.41) is 13.7. The quantitative estimate of drug-likeness (QED) is 0.593. The third-order valence-electron chi connectivity index (χ3n) is 2.80. The Kier molecular flexibility index (Phi) is 3.75. The SMILES string of the molecule is Oc1ncnc2c(-c3ccc(SCCCl)cc3)cnn12. The molecule has 3 aromatic rings. The van der Waals surface area contributed by atoms with E-state index in [0.717, 1.165) is 16.9 Å². The average molecular weight is 307 g/mol. The summed E-state index contributed by atoms with van der Waals surface area (Å²) in [7, 11) is 0. The smallest absolute Gasteiger partial charge is 0.318 e. The Hall–Kier alpha value is -1.79. The van der Waals surface area contributed by atoms with E-state index in [1.54, 1.807) is 18.0 Å². The van der Waals surface area contributed by atoms with Crippen LogP contribution in [0.3, 0.4) is 0 Å². The maximum absolute atomic E-state index is 9.61. The minimum atomic E-state index is -0.171. The number of rotatable bonds is 4. The first-order valence-corrected chi connectivity index (χ1v) is 7.48. The van der Waals surface area contributed by atoms with Crippen molar-refractivity contribution in [1.29, 1.82) is 0 Å². The van der Waals surface area contributed by atoms with Crippen LogP contribution in [-0.4, -0.2) is 36.3 Å². The van der Waals surface area contributed by atoms with Crippen molar-refractivity contribution in [3.8, 4) is 17.1 Å². The molecular weight excluding hydrogens is 296 g/mol. The zero-order valence-corrected chi connectivity index (χ0v) is 12.0. The Morgan fingerprint density at radius 1 is 1.20 bits per heavy atom. The van der Waals surface area contributed by atoms with Crippen molar-refractivity contribution in [3.63, 3.8) is 0 Å². The van der Waals surface area contributed by atoms with Crippen LogP contribution in [-0.2, 0) is 0 Å². The second-order valence-corrected chi connectivity index (χ2v) is 5.58. The normalized spacial score (nSPS) is 11.1. The third-order valence-corrected chi connectivity index (χ3v) is 4.22. The van der Waals surface area contributed by atoms with E-state index in [2.05, 4.69) is 15.1 Å². The van der Waals surface area contributed by atoms with Gasteiger partial charge in [0.05, 0.1) is 6.20 Å². The van der Waals surface area contributed by atoms with Crippen molar-refractivity contribution in [2.75, 3.05) is 11.6 Å². The molecule has 3 rings (SSSR count). The number of fused-ring (bicyclic) bond motifs is 1. The van der Waals surface area contributed by atoms with Crippen LogP contribution in [0.1, 0.15) is 0 Å². The Morgan fingerprint density at radius 3 is 2.75 bits per heavy atom. The molecule has 0 unspecified atom stereocenters. The highest BCUT2D eigenvalue weighted by molar-refractivity contribution is 7.99. The van der Waals surface area contributed by atoms with Gasteiger partial charge in [-0.05, 0) is 17.7 Å². The Labute approximate surface area is 124 Å². The monoisotopic (exact) mass is 306 g/mol. The predicted octanol–water partition coefficient (Wildman–Crippen LogP) is 2.83. The van der Waals surface area contributed by atoms with Crippen molar-refractivity contribution in [1.82, 2.24) is 19.6 Å². The van der Waals surface area contributed by atoms with Gasteiger partial charge in [-0.15, -0.1) is 23.4 Å². The van der Waals surface area contributed by atoms with Gasteiger partial charge in [-0.2, -0.15) is 14.6 Å². The predicted molar refractivity (Wildman–Crippen MR) is 79.3 cm³/mol. The topological polar surface area (TPSA) is 63.3 Å². The third kappa shape index (κ3) is 2.44. The van der Waals surface area contributed by atoms with Crippen molar-refractivity contribution in [2.24, 2.45) is 0 Å². The second-order valence-electron chi connectivity index (χ2n) is 4.03. The van der Waals surface area contributed by atoms with Crippen LogP contribution in [0, 0.1) is 0 Å². The molecule has 7 heteroatoms. The summed E-state index contributed by atoms with van der Waals surface area (Å²) in [6, 6.07) is 7.92. The first kappa shape index (κ1) is 13.2. The first-order chi connectivity index (χ1) is 9.79. The first-order valence-electron chi connectivity index (χ1n) is 5.96. The molecule has 0 radical (unpaired) electrons. The molecule has 0 fully saturated rings. The van der Waals surface area contributed by atoms with E-state index >= 15 is 0 Å². The minimum Gasteiger partial charge on any atom is -0.479 e. The van der Waals surface area contributed by atoms with Gasteiger partial charge in [-0.25, -0.2) is 4.98 Å². The van der Waals surface area contributed by atoms with Crippen LogP contribution < -0.4 is 0 Å². The molecule has 0 spiro atoms. The highest BCUT2D eigenvalue weighted by atomic mass is 35.5. The lowest BCUT2D eigenvalue weighted by atomic mass is 10.1. The fourth-order valence-electron chi connectivity index (χ4n) is 1.89. The van der Waals surface area contributed by atoms with E-state index in [9.17, 15) is 5.11 Å². The molecule has 0 atom stereocenters. The lowest BCUT2D eigenvalue weighted by Gasteiger charge is -2.02. The van der Waals surface area contributed by atoms with Crippen LogP contribution in [0.5, 0.6) is 6.01 Å². The van der Waals surface area contributed by atoms with Gasteiger partial charge in [0.2, 0.25) is 0 Å². The highest BCUT2D eigenvalue weighted by Crippen LogP contribution is 2.27. The maximum Gasteiger partial charge on any atom is 0.318 e. The molecule has 102 valence electrons. The van der Waals surface area contributed by atoms with Crippen molar-refractivity contribution in [3.05, 3.63) is 36.8 Å². The molecule has 0 aliphatic heterocycles. The number of benzene rings is 1. The molecule has 0 aliphatic rings. The van der Waals surface area contributed by atoms with Crippen molar-refractivity contribution < 1.29 is 5.11 Å². The molecule has 20 heavy (non-hydrogen) atoms. The number of aromatic hydroxyl groups is 1. The summed E-state index contributed by atoms with van der Waals surface area (Å²) in [6.45, 7) is 0. The summed E-state index contributed by atoms with van der Waals surface area (Å²) in [5.41, 5.74) is 2.43. The number of halogens is 1. The van der Waals surface area contributed by atoms with E-state index in [1.807, 2.05) is 24.3 Å². The fraction of sp³-hybridized carbons (Fsp3) is 0.154. The Bertz CT molecular complexity index is 729. The van der Waals surface area contributed by atoms with E-state index in [0.29, 0.717) is 11.5 Å². The number of thioether (sulfide) groups is 1. The zero-order chi connectivity index (χ0) is 13.9. The number of hydrogen-bond donors (Lipinski definition) is 1. The Morgan fingerprint density at radius 2 is 2.00 bits per heavy atom. The fourth-order valence-corrected chi connectivity index (χ4v) is 2.77. The van der Waals surface area contributed by atoms with Gasteiger partial charge in [0, 0.05) is 22.1 Å². The van der Waals surface area contributed by atoms with Gasteiger partial charge in [0.15, 0.2) is 5.65 Å². The number of alkyl halides is 1. The molecule has 0 saturated heterocycles. The number of hydrogen-bond acceptors (Lipinski definition) is 5. The van der Waals surface area contributed by atoms with Crippen LogP contribution in [0.25, 0.3) is 16.8 Å². The number of nitrogens with zero attached hydrogens (tertiary/aromatic N) is 4. The standard InChI is InChI=1S/C13H11ClN4OS/c14-5-6-20-10-3-1-9(2-4-10)11-7-17-18-12(11)15-8-16-13(18)19/h1-4,7-8H,5-6H2,(H,15,16,19). The molecular formula is C13H11ClN4OS. The molecule has 0 amide bonds. The molecule has 2 aromatic heterocycles. The van der Waals surface area contributed by atoms with Gasteiger partial charge >= 0.3 is 6.01 Å². The number of aromatic nitrogens is 4. The zero-order valence-electron chi connectivity index (χ0n) is 10.4. The van der Waals surface area contributed by atoms with Crippen LogP contribution in [0.2, 0.25) is 0 Å². The van der Waals surface area contributed by atoms with Crippen LogP contribution >= 0.6 is 23.4 Å². The van der Waals surface area contributed by atoms with Gasteiger partial charge < -0.3 is 5.11 Å². The second kappa shape index (κ2) is 5.68. The van der Waals surface area contributed by atoms with E-state index in [-0.39, 0.29) is 6.01 Å². The molecule has 5 nitrogen and oxygen atoms in total. The Balaban J connectivity index is 1.97. The summed E-state index contributed by atoms with van der Waals surface area (Å²) < 4.78 is 1.31. The van der Waals surface area contributed by atoms with Gasteiger partial charge in [-0.3, -0.25) is 0 Å². The van der Waals surface area contributed by atoms with E-state index in [1.165, 1.54) is 15.7 Å². The molecule has 1 aromatic carbocycles. The summed E-state index contributed by atoms with van der Waals surface area (Å²) in [4.78, 5) is 9.02. The van der Waals surface area contributed by atoms with Gasteiger partial charge in [0.1, 0.15) is 6.33 Å². The molecule has 0 saturated carbocycles. The maximum atomic E-state index is 9.61. The van der Waals surface area contributed by atoms with Crippen LogP contribution in [0.15, 0.2) is 41.7 Å². The molecule has 0 aliphatic carbocycles. The summed E-state index contributed by atoms with van der Waals surface area (Å²) >= 11 is 7.39. The highest BCUT2D eigenvalue weighted by Gasteiger charge is 2.10.